The molecule has 1 nitrogen and oxygen atoms in total. The molecule has 0 aliphatic carbocycles. The summed E-state index contributed by atoms with van der Waals surface area (Å²) in [7, 11) is 0. The van der Waals surface area contributed by atoms with E-state index in [0.717, 1.165) is 5.56 Å². The quantitative estimate of drug-likeness (QED) is 0.648. The average Bonchev–Trinajstić information content (AvgIpc) is 2.06. The first-order valence-corrected chi connectivity index (χ1v) is 3.90. The summed E-state index contributed by atoms with van der Waals surface area (Å²) < 4.78 is 4.84. The van der Waals surface area contributed by atoms with Gasteiger partial charge in [0.05, 0.1) is 6.26 Å². The normalized spacial score (nSPS) is 10.9. The molecule has 1 aromatic rings. The highest BCUT2D eigenvalue weighted by atomic mass is 35.5. The SMILES string of the molecule is C=COC(Cl)=Cc1ccccc1. The van der Waals surface area contributed by atoms with Gasteiger partial charge in [-0.05, 0) is 17.2 Å². The molecule has 0 N–H and O–H groups in total. The molecule has 62 valence electrons. The van der Waals surface area contributed by atoms with Crippen LogP contribution in [0.1, 0.15) is 5.56 Å². The highest BCUT2D eigenvalue weighted by molar-refractivity contribution is 6.30. The van der Waals surface area contributed by atoms with Gasteiger partial charge in [-0.25, -0.2) is 0 Å². The Bertz CT molecular complexity index is 277. The lowest BCUT2D eigenvalue weighted by atomic mass is 10.2. The first-order valence-electron chi connectivity index (χ1n) is 3.53. The summed E-state index contributed by atoms with van der Waals surface area (Å²) in [5, 5.41) is 0.316. The van der Waals surface area contributed by atoms with Gasteiger partial charge in [0.2, 0.25) is 0 Å². The van der Waals surface area contributed by atoms with E-state index in [1.165, 1.54) is 6.26 Å². The minimum absolute atomic E-state index is 0.316. The number of rotatable bonds is 3. The van der Waals surface area contributed by atoms with Gasteiger partial charge in [-0.15, -0.1) is 0 Å². The summed E-state index contributed by atoms with van der Waals surface area (Å²) in [4.78, 5) is 0. The van der Waals surface area contributed by atoms with Crippen molar-refractivity contribution in [2.75, 3.05) is 0 Å². The average molecular weight is 181 g/mol. The van der Waals surface area contributed by atoms with E-state index < -0.39 is 0 Å². The maximum Gasteiger partial charge on any atom is 0.193 e. The fraction of sp³-hybridized carbons (Fsp3) is 0. The van der Waals surface area contributed by atoms with Gasteiger partial charge in [0.25, 0.3) is 0 Å². The standard InChI is InChI=1S/C10H9ClO/c1-2-12-10(11)8-9-6-4-3-5-7-9/h2-8H,1H2. The monoisotopic (exact) mass is 180 g/mol. The van der Waals surface area contributed by atoms with Crippen molar-refractivity contribution in [3.63, 3.8) is 0 Å². The summed E-state index contributed by atoms with van der Waals surface area (Å²) in [6.45, 7) is 3.39. The first kappa shape index (κ1) is 8.88. The third-order valence-corrected chi connectivity index (χ3v) is 1.47. The zero-order valence-corrected chi connectivity index (χ0v) is 7.29. The van der Waals surface area contributed by atoms with Crippen LogP contribution in [-0.2, 0) is 4.74 Å². The molecular formula is C10H9ClO. The van der Waals surface area contributed by atoms with E-state index >= 15 is 0 Å². The molecule has 1 rings (SSSR count). The maximum absolute atomic E-state index is 5.68. The lowest BCUT2D eigenvalue weighted by molar-refractivity contribution is 0.391. The largest absolute Gasteiger partial charge is 0.454 e. The highest BCUT2D eigenvalue weighted by Crippen LogP contribution is 2.10. The molecule has 2 heteroatoms. The van der Waals surface area contributed by atoms with Crippen molar-refractivity contribution < 1.29 is 4.74 Å². The molecule has 0 bridgehead atoms. The van der Waals surface area contributed by atoms with Crippen LogP contribution in [0.3, 0.4) is 0 Å². The minimum Gasteiger partial charge on any atom is -0.454 e. The van der Waals surface area contributed by atoms with Crippen molar-refractivity contribution in [1.29, 1.82) is 0 Å². The number of hydrogen-bond acceptors (Lipinski definition) is 1. The van der Waals surface area contributed by atoms with Gasteiger partial charge in [-0.1, -0.05) is 36.9 Å². The number of halogens is 1. The van der Waals surface area contributed by atoms with Gasteiger partial charge in [0.15, 0.2) is 5.22 Å². The second-order valence-electron chi connectivity index (χ2n) is 2.14. The summed E-state index contributed by atoms with van der Waals surface area (Å²) in [5.41, 5.74) is 1.00. The summed E-state index contributed by atoms with van der Waals surface area (Å²) in [6.07, 6.45) is 3.02. The Morgan fingerprint density at radius 1 is 1.33 bits per heavy atom. The Labute approximate surface area is 76.9 Å². The van der Waals surface area contributed by atoms with E-state index in [1.807, 2.05) is 30.3 Å². The van der Waals surface area contributed by atoms with Crippen molar-refractivity contribution in [2.24, 2.45) is 0 Å². The summed E-state index contributed by atoms with van der Waals surface area (Å²) in [5.74, 6) is 0. The molecular weight excluding hydrogens is 172 g/mol. The highest BCUT2D eigenvalue weighted by Gasteiger charge is 1.89. The van der Waals surface area contributed by atoms with Crippen LogP contribution in [0.4, 0.5) is 0 Å². The van der Waals surface area contributed by atoms with Crippen LogP contribution in [0.5, 0.6) is 0 Å². The predicted octanol–water partition coefficient (Wildman–Crippen LogP) is 3.38. The second-order valence-corrected chi connectivity index (χ2v) is 2.52. The Hall–Kier alpha value is -1.21. The van der Waals surface area contributed by atoms with E-state index in [1.54, 1.807) is 6.08 Å². The Morgan fingerprint density at radius 2 is 2.00 bits per heavy atom. The van der Waals surface area contributed by atoms with Crippen LogP contribution in [0.15, 0.2) is 48.4 Å². The molecule has 0 radical (unpaired) electrons. The van der Waals surface area contributed by atoms with Crippen LogP contribution in [0.25, 0.3) is 6.08 Å². The molecule has 0 saturated heterocycles. The number of ether oxygens (including phenoxy) is 1. The van der Waals surface area contributed by atoms with E-state index in [4.69, 9.17) is 16.3 Å². The third kappa shape index (κ3) is 2.81. The van der Waals surface area contributed by atoms with Crippen LogP contribution in [-0.4, -0.2) is 0 Å². The molecule has 0 atom stereocenters. The molecule has 0 spiro atoms. The van der Waals surface area contributed by atoms with Gasteiger partial charge in [0, 0.05) is 6.08 Å². The predicted molar refractivity (Wildman–Crippen MR) is 51.6 cm³/mol. The molecule has 0 aliphatic heterocycles. The van der Waals surface area contributed by atoms with Crippen LogP contribution in [0, 0.1) is 0 Å². The maximum atomic E-state index is 5.68. The van der Waals surface area contributed by atoms with Crippen LogP contribution < -0.4 is 0 Å². The van der Waals surface area contributed by atoms with E-state index in [-0.39, 0.29) is 0 Å². The fourth-order valence-corrected chi connectivity index (χ4v) is 0.983. The fourth-order valence-electron chi connectivity index (χ4n) is 0.794. The molecule has 0 saturated carbocycles. The smallest absolute Gasteiger partial charge is 0.193 e. The molecule has 0 aliphatic rings. The zero-order chi connectivity index (χ0) is 8.81. The van der Waals surface area contributed by atoms with Gasteiger partial charge in [-0.2, -0.15) is 0 Å². The van der Waals surface area contributed by atoms with E-state index in [9.17, 15) is 0 Å². The number of benzene rings is 1. The van der Waals surface area contributed by atoms with Gasteiger partial charge < -0.3 is 4.74 Å². The summed E-state index contributed by atoms with van der Waals surface area (Å²) in [6, 6.07) is 9.69. The number of hydrogen-bond donors (Lipinski definition) is 0. The zero-order valence-electron chi connectivity index (χ0n) is 6.53. The molecule has 0 amide bonds. The lowest BCUT2D eigenvalue weighted by Gasteiger charge is -1.95. The molecule has 12 heavy (non-hydrogen) atoms. The van der Waals surface area contributed by atoms with Gasteiger partial charge in [-0.3, -0.25) is 0 Å². The van der Waals surface area contributed by atoms with Gasteiger partial charge in [0.1, 0.15) is 0 Å². The Kier molecular flexibility index (Phi) is 3.42. The molecule has 0 fully saturated rings. The van der Waals surface area contributed by atoms with Crippen molar-refractivity contribution in [2.45, 2.75) is 0 Å². The van der Waals surface area contributed by atoms with Crippen molar-refractivity contribution >= 4 is 17.7 Å². The Morgan fingerprint density at radius 3 is 2.58 bits per heavy atom. The molecule has 1 aromatic carbocycles. The third-order valence-electron chi connectivity index (χ3n) is 1.28. The second kappa shape index (κ2) is 4.62. The van der Waals surface area contributed by atoms with Crippen LogP contribution in [0.2, 0.25) is 0 Å². The van der Waals surface area contributed by atoms with E-state index in [0.29, 0.717) is 5.22 Å². The van der Waals surface area contributed by atoms with Crippen molar-refractivity contribution in [3.8, 4) is 0 Å². The lowest BCUT2D eigenvalue weighted by Crippen LogP contribution is -1.75. The van der Waals surface area contributed by atoms with Crippen LogP contribution >= 0.6 is 11.6 Å². The van der Waals surface area contributed by atoms with E-state index in [2.05, 4.69) is 6.58 Å². The minimum atomic E-state index is 0.316. The molecule has 0 unspecified atom stereocenters. The molecule has 0 heterocycles. The molecule has 0 aromatic heterocycles. The van der Waals surface area contributed by atoms with Gasteiger partial charge >= 0.3 is 0 Å². The summed E-state index contributed by atoms with van der Waals surface area (Å²) >= 11 is 5.68. The Balaban J connectivity index is 2.74. The topological polar surface area (TPSA) is 9.23 Å². The van der Waals surface area contributed by atoms with Crippen molar-refractivity contribution in [3.05, 3.63) is 54.0 Å². The first-order chi connectivity index (χ1) is 5.83. The van der Waals surface area contributed by atoms with Crippen molar-refractivity contribution in [1.82, 2.24) is 0 Å².